The molecular formula is C24H25ClN2O4S. The number of nitrogens with zero attached hydrogens (tertiary/aromatic N) is 2. The average Bonchev–Trinajstić information content (AvgIpc) is 3.19. The van der Waals surface area contributed by atoms with Crippen LogP contribution in [0.4, 0.5) is 5.69 Å². The summed E-state index contributed by atoms with van der Waals surface area (Å²) in [6.07, 6.45) is -0.0468. The highest BCUT2D eigenvalue weighted by Crippen LogP contribution is 2.29. The lowest BCUT2D eigenvalue weighted by Crippen LogP contribution is -2.44. The number of rotatable bonds is 7. The lowest BCUT2D eigenvalue weighted by molar-refractivity contribution is -0.0279. The van der Waals surface area contributed by atoms with Crippen molar-refractivity contribution >= 4 is 34.6 Å². The van der Waals surface area contributed by atoms with Crippen molar-refractivity contribution in [3.05, 3.63) is 69.7 Å². The van der Waals surface area contributed by atoms with Crippen LogP contribution in [0.2, 0.25) is 5.02 Å². The van der Waals surface area contributed by atoms with E-state index in [1.54, 1.807) is 17.4 Å². The second-order valence-electron chi connectivity index (χ2n) is 7.53. The lowest BCUT2D eigenvalue weighted by atomic mass is 10.1. The van der Waals surface area contributed by atoms with Gasteiger partial charge in [0, 0.05) is 29.4 Å². The first-order valence-corrected chi connectivity index (χ1v) is 11.6. The smallest absolute Gasteiger partial charge is 0.337 e. The van der Waals surface area contributed by atoms with Crippen molar-refractivity contribution in [3.8, 4) is 10.6 Å². The average molecular weight is 473 g/mol. The van der Waals surface area contributed by atoms with E-state index in [1.807, 2.05) is 49.4 Å². The molecule has 1 aliphatic heterocycles. The number of hydrogen-bond acceptors (Lipinski definition) is 7. The number of carbonyl (C=O) groups excluding carboxylic acids is 1. The molecule has 168 valence electrons. The minimum absolute atomic E-state index is 0.0468. The number of thiazole rings is 1. The number of hydrogen-bond donors (Lipinski definition) is 0. The molecule has 4 rings (SSSR count). The molecule has 1 unspecified atom stereocenters. The Bertz CT molecular complexity index is 1070. The molecule has 3 aromatic rings. The van der Waals surface area contributed by atoms with Crippen molar-refractivity contribution in [2.45, 2.75) is 19.6 Å². The predicted octanol–water partition coefficient (Wildman–Crippen LogP) is 4.98. The van der Waals surface area contributed by atoms with Crippen LogP contribution in [0.3, 0.4) is 0 Å². The third kappa shape index (κ3) is 5.48. The molecule has 2 aromatic carbocycles. The summed E-state index contributed by atoms with van der Waals surface area (Å²) < 4.78 is 16.7. The zero-order valence-electron chi connectivity index (χ0n) is 18.0. The van der Waals surface area contributed by atoms with Gasteiger partial charge < -0.3 is 19.1 Å². The van der Waals surface area contributed by atoms with E-state index in [4.69, 9.17) is 25.8 Å². The summed E-state index contributed by atoms with van der Waals surface area (Å²) in [7, 11) is 1.39. The number of halogens is 1. The van der Waals surface area contributed by atoms with Crippen LogP contribution in [0.5, 0.6) is 0 Å². The Morgan fingerprint density at radius 2 is 2.09 bits per heavy atom. The Morgan fingerprint density at radius 3 is 2.88 bits per heavy atom. The fourth-order valence-electron chi connectivity index (χ4n) is 3.56. The third-order valence-corrected chi connectivity index (χ3v) is 6.72. The molecule has 1 aromatic heterocycles. The SMILES string of the molecule is COC(=O)c1cccc(N2CCOC(COCc3sc(-c4ccc(Cl)cc4)nc3C)C2)c1. The van der Waals surface area contributed by atoms with Gasteiger partial charge in [-0.1, -0.05) is 29.8 Å². The van der Waals surface area contributed by atoms with E-state index < -0.39 is 0 Å². The first-order chi connectivity index (χ1) is 15.5. The fourth-order valence-corrected chi connectivity index (χ4v) is 4.69. The Morgan fingerprint density at radius 1 is 1.28 bits per heavy atom. The maximum atomic E-state index is 11.8. The van der Waals surface area contributed by atoms with Crippen LogP contribution < -0.4 is 4.90 Å². The maximum absolute atomic E-state index is 11.8. The highest BCUT2D eigenvalue weighted by molar-refractivity contribution is 7.15. The van der Waals surface area contributed by atoms with Gasteiger partial charge >= 0.3 is 5.97 Å². The predicted molar refractivity (Wildman–Crippen MR) is 127 cm³/mol. The number of methoxy groups -OCH3 is 1. The van der Waals surface area contributed by atoms with Crippen LogP contribution in [0.25, 0.3) is 10.6 Å². The summed E-state index contributed by atoms with van der Waals surface area (Å²) in [6.45, 7) is 5.05. The van der Waals surface area contributed by atoms with Crippen LogP contribution in [0, 0.1) is 6.92 Å². The minimum Gasteiger partial charge on any atom is -0.465 e. The molecule has 2 heterocycles. The molecule has 0 bridgehead atoms. The molecular weight excluding hydrogens is 448 g/mol. The normalized spacial score (nSPS) is 16.2. The number of esters is 1. The van der Waals surface area contributed by atoms with Crippen LogP contribution in [0.1, 0.15) is 20.9 Å². The van der Waals surface area contributed by atoms with Gasteiger partial charge in [0.2, 0.25) is 0 Å². The van der Waals surface area contributed by atoms with Crippen LogP contribution >= 0.6 is 22.9 Å². The number of carbonyl (C=O) groups is 1. The highest BCUT2D eigenvalue weighted by Gasteiger charge is 2.22. The summed E-state index contributed by atoms with van der Waals surface area (Å²) in [4.78, 5) is 19.8. The number of anilines is 1. The van der Waals surface area contributed by atoms with Gasteiger partial charge in [-0.05, 0) is 37.3 Å². The van der Waals surface area contributed by atoms with E-state index in [-0.39, 0.29) is 12.1 Å². The molecule has 1 atom stereocenters. The topological polar surface area (TPSA) is 60.9 Å². The monoisotopic (exact) mass is 472 g/mol. The first-order valence-electron chi connectivity index (χ1n) is 10.4. The molecule has 1 aliphatic rings. The van der Waals surface area contributed by atoms with Crippen LogP contribution in [-0.2, 0) is 20.8 Å². The molecule has 32 heavy (non-hydrogen) atoms. The Hall–Kier alpha value is -2.45. The molecule has 8 heteroatoms. The van der Waals surface area contributed by atoms with Gasteiger partial charge in [0.15, 0.2) is 0 Å². The van der Waals surface area contributed by atoms with Crippen molar-refractivity contribution in [2.24, 2.45) is 0 Å². The van der Waals surface area contributed by atoms with Crippen LogP contribution in [-0.4, -0.2) is 50.5 Å². The number of aromatic nitrogens is 1. The van der Waals surface area contributed by atoms with E-state index in [2.05, 4.69) is 9.88 Å². The van der Waals surface area contributed by atoms with Gasteiger partial charge in [-0.2, -0.15) is 0 Å². The Kier molecular flexibility index (Phi) is 7.42. The van der Waals surface area contributed by atoms with E-state index in [0.29, 0.717) is 37.0 Å². The summed E-state index contributed by atoms with van der Waals surface area (Å²) in [5.74, 6) is -0.335. The van der Waals surface area contributed by atoms with Crippen LogP contribution in [0.15, 0.2) is 48.5 Å². The number of benzene rings is 2. The van der Waals surface area contributed by atoms with Crippen molar-refractivity contribution in [2.75, 3.05) is 38.3 Å². The van der Waals surface area contributed by atoms with Gasteiger partial charge in [0.25, 0.3) is 0 Å². The molecule has 6 nitrogen and oxygen atoms in total. The molecule has 1 saturated heterocycles. The molecule has 0 radical (unpaired) electrons. The molecule has 0 amide bonds. The van der Waals surface area contributed by atoms with Crippen molar-refractivity contribution in [1.82, 2.24) is 4.98 Å². The van der Waals surface area contributed by atoms with Gasteiger partial charge in [-0.25, -0.2) is 9.78 Å². The number of morpholine rings is 1. The first kappa shape index (κ1) is 22.7. The number of aryl methyl sites for hydroxylation is 1. The Balaban J connectivity index is 1.33. The maximum Gasteiger partial charge on any atom is 0.337 e. The quantitative estimate of drug-likeness (QED) is 0.452. The second-order valence-corrected chi connectivity index (χ2v) is 9.05. The van der Waals surface area contributed by atoms with Gasteiger partial charge in [0.05, 0.1) is 49.2 Å². The van der Waals surface area contributed by atoms with E-state index in [0.717, 1.165) is 33.4 Å². The summed E-state index contributed by atoms with van der Waals surface area (Å²) in [6, 6.07) is 15.2. The summed E-state index contributed by atoms with van der Waals surface area (Å²) >= 11 is 7.62. The zero-order valence-corrected chi connectivity index (χ0v) is 19.6. The van der Waals surface area contributed by atoms with Gasteiger partial charge in [-0.3, -0.25) is 0 Å². The minimum atomic E-state index is -0.335. The second kappa shape index (κ2) is 10.4. The van der Waals surface area contributed by atoms with Gasteiger partial charge in [0.1, 0.15) is 5.01 Å². The molecule has 0 saturated carbocycles. The number of ether oxygens (including phenoxy) is 3. The van der Waals surface area contributed by atoms with Crippen molar-refractivity contribution < 1.29 is 19.0 Å². The molecule has 0 spiro atoms. The Labute approximate surface area is 196 Å². The fraction of sp³-hybridized carbons (Fsp3) is 0.333. The van der Waals surface area contributed by atoms with Crippen molar-refractivity contribution in [3.63, 3.8) is 0 Å². The summed E-state index contributed by atoms with van der Waals surface area (Å²) in [5, 5.41) is 1.67. The van der Waals surface area contributed by atoms with Gasteiger partial charge in [-0.15, -0.1) is 11.3 Å². The lowest BCUT2D eigenvalue weighted by Gasteiger charge is -2.34. The van der Waals surface area contributed by atoms with E-state index in [9.17, 15) is 4.79 Å². The standard InChI is InChI=1S/C24H25ClN2O4S/c1-16-22(32-23(26-16)17-6-8-19(25)9-7-17)15-30-14-21-13-27(10-11-31-21)20-5-3-4-18(12-20)24(28)29-2/h3-9,12,21H,10-11,13-15H2,1-2H3. The zero-order chi connectivity index (χ0) is 22.5. The highest BCUT2D eigenvalue weighted by atomic mass is 35.5. The molecule has 1 fully saturated rings. The third-order valence-electron chi connectivity index (χ3n) is 5.29. The summed E-state index contributed by atoms with van der Waals surface area (Å²) in [5.41, 5.74) is 3.55. The molecule has 0 aliphatic carbocycles. The largest absolute Gasteiger partial charge is 0.465 e. The van der Waals surface area contributed by atoms with Crippen molar-refractivity contribution in [1.29, 1.82) is 0 Å². The van der Waals surface area contributed by atoms with E-state index in [1.165, 1.54) is 7.11 Å². The molecule has 0 N–H and O–H groups in total. The van der Waals surface area contributed by atoms with E-state index >= 15 is 0 Å².